The first kappa shape index (κ1) is 12.7. The molecule has 18 heavy (non-hydrogen) atoms. The molecule has 94 valence electrons. The smallest absolute Gasteiger partial charge is 0.261 e. The summed E-state index contributed by atoms with van der Waals surface area (Å²) in [6.45, 7) is 5.78. The lowest BCUT2D eigenvalue weighted by Crippen LogP contribution is -2.12. The topological polar surface area (TPSA) is 75.9 Å². The minimum Gasteiger partial charge on any atom is -0.436 e. The second-order valence-corrected chi connectivity index (χ2v) is 5.05. The van der Waals surface area contributed by atoms with Gasteiger partial charge in [0.2, 0.25) is 0 Å². The minimum atomic E-state index is 0.0567. The van der Waals surface area contributed by atoms with E-state index in [1.54, 1.807) is 0 Å². The molecule has 0 amide bonds. The molecule has 0 saturated heterocycles. The van der Waals surface area contributed by atoms with Crippen molar-refractivity contribution in [2.75, 3.05) is 0 Å². The van der Waals surface area contributed by atoms with Gasteiger partial charge >= 0.3 is 0 Å². The van der Waals surface area contributed by atoms with Crippen molar-refractivity contribution < 1.29 is 4.42 Å². The number of aryl methyl sites for hydroxylation is 3. The molecule has 0 aliphatic carbocycles. The first-order valence-electron chi connectivity index (χ1n) is 5.55. The molecule has 0 radical (unpaired) electrons. The summed E-state index contributed by atoms with van der Waals surface area (Å²) in [5.74, 6) is 0.872. The van der Waals surface area contributed by atoms with Crippen molar-refractivity contribution in [2.24, 2.45) is 5.73 Å². The van der Waals surface area contributed by atoms with E-state index in [0.717, 1.165) is 21.9 Å². The van der Waals surface area contributed by atoms with Crippen LogP contribution in [0, 0.1) is 26.2 Å². The Labute approximate surface area is 110 Å². The first-order chi connectivity index (χ1) is 8.49. The lowest BCUT2D eigenvalue weighted by Gasteiger charge is -2.08. The Morgan fingerprint density at radius 1 is 1.33 bits per heavy atom. The van der Waals surface area contributed by atoms with Crippen molar-refractivity contribution in [3.8, 4) is 0 Å². The zero-order valence-electron chi connectivity index (χ0n) is 10.6. The van der Waals surface area contributed by atoms with Crippen molar-refractivity contribution in [3.63, 3.8) is 0 Å². The van der Waals surface area contributed by atoms with Gasteiger partial charge in [0.25, 0.3) is 5.22 Å². The maximum absolute atomic E-state index is 7.60. The van der Waals surface area contributed by atoms with Crippen LogP contribution in [0.25, 0.3) is 0 Å². The zero-order valence-corrected chi connectivity index (χ0v) is 11.4. The van der Waals surface area contributed by atoms with Gasteiger partial charge in [-0.25, -0.2) is 4.98 Å². The Balaban J connectivity index is 2.42. The third-order valence-corrected chi connectivity index (χ3v) is 3.80. The van der Waals surface area contributed by atoms with Crippen LogP contribution in [0.5, 0.6) is 0 Å². The normalized spacial score (nSPS) is 10.6. The molecule has 0 fully saturated rings. The van der Waals surface area contributed by atoms with Crippen LogP contribution in [0.3, 0.4) is 0 Å². The van der Waals surface area contributed by atoms with Crippen molar-refractivity contribution >= 4 is 17.6 Å². The van der Waals surface area contributed by atoms with Crippen molar-refractivity contribution in [1.29, 1.82) is 5.41 Å². The molecule has 4 nitrogen and oxygen atoms in total. The molecule has 0 aliphatic rings. The van der Waals surface area contributed by atoms with Crippen LogP contribution in [0.4, 0.5) is 0 Å². The summed E-state index contributed by atoms with van der Waals surface area (Å²) in [6.07, 6.45) is 0. The third kappa shape index (κ3) is 2.41. The number of benzene rings is 1. The number of aromatic nitrogens is 1. The fourth-order valence-corrected chi connectivity index (χ4v) is 2.62. The molecular formula is C13H15N3OS. The van der Waals surface area contributed by atoms with Crippen LogP contribution >= 0.6 is 11.8 Å². The highest BCUT2D eigenvalue weighted by Gasteiger charge is 2.14. The molecule has 0 unspecified atom stereocenters. The van der Waals surface area contributed by atoms with E-state index in [2.05, 4.69) is 4.98 Å². The van der Waals surface area contributed by atoms with E-state index in [9.17, 15) is 0 Å². The second kappa shape index (κ2) is 4.86. The van der Waals surface area contributed by atoms with Gasteiger partial charge in [0.05, 0.1) is 5.69 Å². The van der Waals surface area contributed by atoms with E-state index < -0.39 is 0 Å². The van der Waals surface area contributed by atoms with Crippen molar-refractivity contribution in [3.05, 3.63) is 40.8 Å². The molecule has 1 aromatic heterocycles. The average Bonchev–Trinajstić information content (AvgIpc) is 2.60. The van der Waals surface area contributed by atoms with Gasteiger partial charge in [-0.15, -0.1) is 0 Å². The van der Waals surface area contributed by atoms with Gasteiger partial charge < -0.3 is 10.2 Å². The predicted molar refractivity (Wildman–Crippen MR) is 72.3 cm³/mol. The van der Waals surface area contributed by atoms with Crippen LogP contribution in [-0.4, -0.2) is 10.8 Å². The number of oxazole rings is 1. The molecule has 0 saturated carbocycles. The second-order valence-electron chi connectivity index (χ2n) is 4.09. The van der Waals surface area contributed by atoms with E-state index in [-0.39, 0.29) is 5.84 Å². The Morgan fingerprint density at radius 3 is 2.61 bits per heavy atom. The van der Waals surface area contributed by atoms with Crippen molar-refractivity contribution in [2.45, 2.75) is 30.9 Å². The lowest BCUT2D eigenvalue weighted by atomic mass is 10.1. The average molecular weight is 261 g/mol. The third-order valence-electron chi connectivity index (χ3n) is 2.70. The molecule has 2 aromatic rings. The first-order valence-corrected chi connectivity index (χ1v) is 6.36. The van der Waals surface area contributed by atoms with Gasteiger partial charge in [-0.2, -0.15) is 0 Å². The molecule has 0 spiro atoms. The maximum atomic E-state index is 7.60. The van der Waals surface area contributed by atoms with E-state index in [0.29, 0.717) is 10.8 Å². The SMILES string of the molecule is Cc1cccc(C(=N)N)c1Sc1nc(C)c(C)o1. The summed E-state index contributed by atoms with van der Waals surface area (Å²) >= 11 is 1.41. The number of nitrogens with one attached hydrogen (secondary N) is 1. The van der Waals surface area contributed by atoms with Gasteiger partial charge in [-0.1, -0.05) is 18.2 Å². The number of hydrogen-bond donors (Lipinski definition) is 2. The summed E-state index contributed by atoms with van der Waals surface area (Å²) in [4.78, 5) is 5.25. The number of nitrogens with two attached hydrogens (primary N) is 1. The van der Waals surface area contributed by atoms with E-state index >= 15 is 0 Å². The number of rotatable bonds is 3. The molecule has 0 bridgehead atoms. The lowest BCUT2D eigenvalue weighted by molar-refractivity contribution is 0.431. The highest BCUT2D eigenvalue weighted by Crippen LogP contribution is 2.33. The van der Waals surface area contributed by atoms with Gasteiger partial charge in [-0.3, -0.25) is 5.41 Å². The predicted octanol–water partition coefficient (Wildman–Crippen LogP) is 3.04. The van der Waals surface area contributed by atoms with E-state index in [1.165, 1.54) is 11.8 Å². The molecule has 2 rings (SSSR count). The molecule has 5 heteroatoms. The van der Waals surface area contributed by atoms with Gasteiger partial charge in [0.15, 0.2) is 0 Å². The molecule has 0 aliphatic heterocycles. The van der Waals surface area contributed by atoms with Gasteiger partial charge in [0, 0.05) is 10.5 Å². The van der Waals surface area contributed by atoms with Crippen LogP contribution in [0.2, 0.25) is 0 Å². The van der Waals surface area contributed by atoms with E-state index in [4.69, 9.17) is 15.6 Å². The fourth-order valence-electron chi connectivity index (χ4n) is 1.57. The van der Waals surface area contributed by atoms with Crippen LogP contribution in [0.15, 0.2) is 32.7 Å². The van der Waals surface area contributed by atoms with Crippen molar-refractivity contribution in [1.82, 2.24) is 4.98 Å². The highest BCUT2D eigenvalue weighted by molar-refractivity contribution is 7.99. The minimum absolute atomic E-state index is 0.0567. The van der Waals surface area contributed by atoms with E-state index in [1.807, 2.05) is 39.0 Å². The summed E-state index contributed by atoms with van der Waals surface area (Å²) in [5.41, 5.74) is 8.25. The summed E-state index contributed by atoms with van der Waals surface area (Å²) < 4.78 is 5.55. The molecule has 1 heterocycles. The molecule has 1 aromatic carbocycles. The maximum Gasteiger partial charge on any atom is 0.261 e. The number of hydrogen-bond acceptors (Lipinski definition) is 4. The van der Waals surface area contributed by atoms with Gasteiger partial charge in [0.1, 0.15) is 11.6 Å². The molecule has 3 N–H and O–H groups in total. The summed E-state index contributed by atoms with van der Waals surface area (Å²) in [6, 6.07) is 5.71. The Kier molecular flexibility index (Phi) is 3.43. The Morgan fingerprint density at radius 2 is 2.06 bits per heavy atom. The van der Waals surface area contributed by atoms with Crippen LogP contribution < -0.4 is 5.73 Å². The summed E-state index contributed by atoms with van der Waals surface area (Å²) in [5, 5.41) is 8.18. The standard InChI is InChI=1S/C13H15N3OS/c1-7-5-4-6-10(12(14)15)11(7)18-13-16-8(2)9(3)17-13/h4-6H,1-3H3,(H3,14,15). The quantitative estimate of drug-likeness (QED) is 0.657. The van der Waals surface area contributed by atoms with Gasteiger partial charge in [-0.05, 0) is 38.1 Å². The molecular weight excluding hydrogens is 246 g/mol. The number of nitrogens with zero attached hydrogens (tertiary/aromatic N) is 1. The molecule has 0 atom stereocenters. The Hall–Kier alpha value is -1.75. The number of amidine groups is 1. The van der Waals surface area contributed by atoms with Crippen LogP contribution in [0.1, 0.15) is 22.6 Å². The number of nitrogen functional groups attached to an aromatic ring is 1. The fraction of sp³-hybridized carbons (Fsp3) is 0.231. The van der Waals surface area contributed by atoms with Crippen LogP contribution in [-0.2, 0) is 0 Å². The largest absolute Gasteiger partial charge is 0.436 e. The zero-order chi connectivity index (χ0) is 13.3. The monoisotopic (exact) mass is 261 g/mol. The Bertz CT molecular complexity index is 585. The highest BCUT2D eigenvalue weighted by atomic mass is 32.2. The summed E-state index contributed by atoms with van der Waals surface area (Å²) in [7, 11) is 0.